The van der Waals surface area contributed by atoms with Gasteiger partial charge in [0.1, 0.15) is 0 Å². The molecule has 0 aromatic rings. The first-order valence-electron chi connectivity index (χ1n) is 7.89. The Hall–Kier alpha value is -0.395. The molecule has 3 heterocycles. The summed E-state index contributed by atoms with van der Waals surface area (Å²) in [5.41, 5.74) is 0.412. The maximum atomic E-state index is 6.54. The molecule has 3 aliphatic heterocycles. The van der Waals surface area contributed by atoms with Gasteiger partial charge in [-0.25, -0.2) is 0 Å². The Balaban J connectivity index is 1.97. The highest BCUT2D eigenvalue weighted by Gasteiger charge is 2.56. The zero-order valence-electron chi connectivity index (χ0n) is 13.5. The molecule has 0 aliphatic carbocycles. The minimum absolute atomic E-state index is 0.177. The monoisotopic (exact) mass is 297 g/mol. The van der Waals surface area contributed by atoms with Gasteiger partial charge in [-0.2, -0.15) is 5.47 Å². The van der Waals surface area contributed by atoms with Crippen molar-refractivity contribution in [3.8, 4) is 0 Å². The highest BCUT2D eigenvalue weighted by molar-refractivity contribution is 6.77. The number of rotatable bonds is 2. The van der Waals surface area contributed by atoms with Gasteiger partial charge >= 0.3 is 0 Å². The fourth-order valence-corrected chi connectivity index (χ4v) is 3.39. The molecule has 0 N–H and O–H groups in total. The molecule has 0 radical (unpaired) electrons. The lowest BCUT2D eigenvalue weighted by atomic mass is 9.45. The Morgan fingerprint density at radius 3 is 2.24 bits per heavy atom. The van der Waals surface area contributed by atoms with Crippen molar-refractivity contribution in [3.63, 3.8) is 0 Å². The first kappa shape index (κ1) is 15.5. The SMILES string of the molecule is CC1(C)O[B-](C2=CCOCC2)(C2COCCO2)OC1(C)C. The number of ether oxygens (including phenoxy) is 3. The van der Waals surface area contributed by atoms with Gasteiger partial charge in [-0.05, 0) is 34.1 Å². The number of hydrogen-bond acceptors (Lipinski definition) is 5. The molecule has 3 rings (SSSR count). The molecule has 0 aromatic carbocycles. The quantitative estimate of drug-likeness (QED) is 0.728. The van der Waals surface area contributed by atoms with Crippen LogP contribution < -0.4 is 0 Å². The molecule has 0 bridgehead atoms. The van der Waals surface area contributed by atoms with E-state index in [4.69, 9.17) is 23.5 Å². The van der Waals surface area contributed by atoms with Crippen LogP contribution in [-0.2, 0) is 23.5 Å². The van der Waals surface area contributed by atoms with Gasteiger partial charge < -0.3 is 23.5 Å². The van der Waals surface area contributed by atoms with Crippen LogP contribution in [0.1, 0.15) is 34.1 Å². The van der Waals surface area contributed by atoms with Crippen LogP contribution in [0.2, 0.25) is 0 Å². The third-order valence-corrected chi connectivity index (χ3v) is 5.24. The fraction of sp³-hybridized carbons (Fsp3) is 0.867. The van der Waals surface area contributed by atoms with Crippen molar-refractivity contribution < 1.29 is 23.5 Å². The van der Waals surface area contributed by atoms with Crippen molar-refractivity contribution in [3.05, 3.63) is 11.5 Å². The van der Waals surface area contributed by atoms with E-state index in [-0.39, 0.29) is 17.2 Å². The van der Waals surface area contributed by atoms with E-state index in [9.17, 15) is 0 Å². The zero-order valence-corrected chi connectivity index (χ0v) is 13.5. The van der Waals surface area contributed by atoms with E-state index in [0.717, 1.165) is 6.42 Å². The molecule has 6 heteroatoms. The van der Waals surface area contributed by atoms with Gasteiger partial charge in [-0.15, -0.1) is 0 Å². The van der Waals surface area contributed by atoms with Crippen molar-refractivity contribution in [2.75, 3.05) is 33.0 Å². The molecule has 21 heavy (non-hydrogen) atoms. The summed E-state index contributed by atoms with van der Waals surface area (Å²) < 4.78 is 30.1. The maximum absolute atomic E-state index is 6.54. The Morgan fingerprint density at radius 2 is 1.71 bits per heavy atom. The lowest BCUT2D eigenvalue weighted by Gasteiger charge is -2.47. The first-order chi connectivity index (χ1) is 9.87. The van der Waals surface area contributed by atoms with E-state index in [2.05, 4.69) is 33.8 Å². The summed E-state index contributed by atoms with van der Waals surface area (Å²) >= 11 is 0. The molecule has 2 saturated heterocycles. The molecule has 3 aliphatic rings. The summed E-state index contributed by atoms with van der Waals surface area (Å²) in [5, 5.41) is 0. The first-order valence-corrected chi connectivity index (χ1v) is 7.89. The van der Waals surface area contributed by atoms with Gasteiger partial charge in [0, 0.05) is 30.4 Å². The summed E-state index contributed by atoms with van der Waals surface area (Å²) in [4.78, 5) is 0. The van der Waals surface area contributed by atoms with Crippen LogP contribution in [0, 0.1) is 0 Å². The molecule has 120 valence electrons. The molecule has 1 atom stereocenters. The molecule has 0 spiro atoms. The fourth-order valence-electron chi connectivity index (χ4n) is 3.39. The van der Waals surface area contributed by atoms with Gasteiger partial charge in [-0.1, -0.05) is 6.08 Å². The van der Waals surface area contributed by atoms with Crippen LogP contribution in [0.15, 0.2) is 11.5 Å². The average Bonchev–Trinajstić information content (AvgIpc) is 2.67. The van der Waals surface area contributed by atoms with Crippen LogP contribution in [0.5, 0.6) is 0 Å². The third-order valence-electron chi connectivity index (χ3n) is 5.24. The van der Waals surface area contributed by atoms with E-state index < -0.39 is 6.55 Å². The molecule has 2 fully saturated rings. The smallest absolute Gasteiger partial charge is 0.296 e. The van der Waals surface area contributed by atoms with Crippen molar-refractivity contribution in [1.82, 2.24) is 0 Å². The second-order valence-electron chi connectivity index (χ2n) is 7.12. The van der Waals surface area contributed by atoms with Crippen molar-refractivity contribution in [2.45, 2.75) is 51.3 Å². The Bertz CT molecular complexity index is 410. The van der Waals surface area contributed by atoms with Crippen LogP contribution >= 0.6 is 0 Å². The largest absolute Gasteiger partial charge is 0.557 e. The zero-order chi connectivity index (χ0) is 15.1. The maximum Gasteiger partial charge on any atom is 0.296 e. The van der Waals surface area contributed by atoms with Gasteiger partial charge in [0.25, 0.3) is 6.55 Å². The predicted molar refractivity (Wildman–Crippen MR) is 80.2 cm³/mol. The Morgan fingerprint density at radius 1 is 1.00 bits per heavy atom. The average molecular weight is 297 g/mol. The Kier molecular flexibility index (Phi) is 3.95. The molecule has 5 nitrogen and oxygen atoms in total. The predicted octanol–water partition coefficient (Wildman–Crippen LogP) is 1.87. The third kappa shape index (κ3) is 2.57. The molecule has 0 saturated carbocycles. The molecular weight excluding hydrogens is 271 g/mol. The minimum atomic E-state index is -1.68. The van der Waals surface area contributed by atoms with E-state index in [1.807, 2.05) is 0 Å². The standard InChI is InChI=1S/C15H26BO5/c1-14(2)15(3,4)21-16(20-14,12-5-7-17-8-6-12)13-11-18-9-10-19-13/h5,13H,6-11H2,1-4H3/q-1. The summed E-state index contributed by atoms with van der Waals surface area (Å²) in [6.45, 7) is 9.72. The van der Waals surface area contributed by atoms with Gasteiger partial charge in [0.05, 0.1) is 19.8 Å². The summed E-state index contributed by atoms with van der Waals surface area (Å²) in [5.74, 6) is 0. The second kappa shape index (κ2) is 5.35. The van der Waals surface area contributed by atoms with Crippen LogP contribution in [-0.4, -0.2) is 56.8 Å². The van der Waals surface area contributed by atoms with E-state index >= 15 is 0 Å². The Labute approximate surface area is 126 Å². The topological polar surface area (TPSA) is 46.2 Å². The van der Waals surface area contributed by atoms with Crippen molar-refractivity contribution in [2.24, 2.45) is 0 Å². The van der Waals surface area contributed by atoms with Crippen molar-refractivity contribution >= 4 is 6.55 Å². The second-order valence-corrected chi connectivity index (χ2v) is 7.12. The minimum Gasteiger partial charge on any atom is -0.557 e. The lowest BCUT2D eigenvalue weighted by Crippen LogP contribution is -2.58. The summed E-state index contributed by atoms with van der Waals surface area (Å²) in [6.07, 6.45) is 2.92. The van der Waals surface area contributed by atoms with Gasteiger partial charge in [-0.3, -0.25) is 0 Å². The highest BCUT2D eigenvalue weighted by Crippen LogP contribution is 2.47. The molecule has 1 unspecified atom stereocenters. The van der Waals surface area contributed by atoms with Crippen molar-refractivity contribution in [1.29, 1.82) is 0 Å². The lowest BCUT2D eigenvalue weighted by molar-refractivity contribution is -0.0719. The molecule has 0 aromatic heterocycles. The highest BCUT2D eigenvalue weighted by atomic mass is 16.7. The van der Waals surface area contributed by atoms with Gasteiger partial charge in [0.2, 0.25) is 0 Å². The van der Waals surface area contributed by atoms with E-state index in [0.29, 0.717) is 33.0 Å². The van der Waals surface area contributed by atoms with Crippen LogP contribution in [0.25, 0.3) is 0 Å². The van der Waals surface area contributed by atoms with E-state index in [1.165, 1.54) is 5.47 Å². The van der Waals surface area contributed by atoms with Crippen LogP contribution in [0.4, 0.5) is 0 Å². The van der Waals surface area contributed by atoms with Gasteiger partial charge in [0.15, 0.2) is 0 Å². The van der Waals surface area contributed by atoms with E-state index in [1.54, 1.807) is 0 Å². The summed E-state index contributed by atoms with van der Waals surface area (Å²) in [7, 11) is 0. The van der Waals surface area contributed by atoms with Crippen LogP contribution in [0.3, 0.4) is 0 Å². The summed E-state index contributed by atoms with van der Waals surface area (Å²) in [6, 6.07) is -0.177. The molecule has 0 amide bonds. The number of hydrogen-bond donors (Lipinski definition) is 0. The molecular formula is C15H26BO5-. The normalized spacial score (nSPS) is 34.5.